The molecule has 0 N–H and O–H groups in total. The highest BCUT2D eigenvalue weighted by Crippen LogP contribution is 2.50. The van der Waals surface area contributed by atoms with Crippen LogP contribution in [-0.4, -0.2) is 15.9 Å². The maximum Gasteiger partial charge on any atom is 0.0486 e. The first-order chi connectivity index (χ1) is 11.0. The normalized spacial score (nSPS) is 17.0. The molecule has 1 nitrogen and oxygen atoms in total. The van der Waals surface area contributed by atoms with E-state index in [4.69, 9.17) is 0 Å². The van der Waals surface area contributed by atoms with Crippen molar-refractivity contribution >= 4 is 24.1 Å². The zero-order valence-corrected chi connectivity index (χ0v) is 16.4. The largest absolute Gasteiger partial charge is 0.347 e. The van der Waals surface area contributed by atoms with Gasteiger partial charge < -0.3 is 4.57 Å². The molecule has 0 aliphatic heterocycles. The van der Waals surface area contributed by atoms with E-state index in [0.29, 0.717) is 0 Å². The lowest BCUT2D eigenvalue weighted by molar-refractivity contribution is 0.432. The van der Waals surface area contributed by atoms with E-state index in [0.717, 1.165) is 17.2 Å². The second-order valence-electron chi connectivity index (χ2n) is 7.74. The Hall–Kier alpha value is -0.810. The predicted octanol–water partition coefficient (Wildman–Crippen LogP) is 6.15. The molecule has 3 rings (SSSR count). The second-order valence-corrected chi connectivity index (χ2v) is 11.1. The monoisotopic (exact) mass is 329 g/mol. The van der Waals surface area contributed by atoms with Gasteiger partial charge in [0.2, 0.25) is 0 Å². The summed E-state index contributed by atoms with van der Waals surface area (Å²) in [5, 5.41) is 3.26. The van der Waals surface area contributed by atoms with Crippen LogP contribution < -0.4 is 5.30 Å². The number of nitrogens with zero attached hydrogens (tertiary/aromatic N) is 1. The van der Waals surface area contributed by atoms with Gasteiger partial charge in [-0.3, -0.25) is 0 Å². The zero-order chi connectivity index (χ0) is 16.6. The summed E-state index contributed by atoms with van der Waals surface area (Å²) in [6, 6.07) is 9.12. The van der Waals surface area contributed by atoms with Crippen molar-refractivity contribution in [3.05, 3.63) is 30.0 Å². The van der Waals surface area contributed by atoms with Gasteiger partial charge in [0, 0.05) is 28.9 Å². The van der Waals surface area contributed by atoms with Crippen molar-refractivity contribution in [1.29, 1.82) is 0 Å². The Kier molecular flexibility index (Phi) is 5.16. The smallest absolute Gasteiger partial charge is 0.0486 e. The summed E-state index contributed by atoms with van der Waals surface area (Å²) in [5.74, 6) is 0.777. The number of rotatable bonds is 4. The van der Waals surface area contributed by atoms with Gasteiger partial charge >= 0.3 is 0 Å². The number of aryl methyl sites for hydroxylation is 1. The topological polar surface area (TPSA) is 4.93 Å². The van der Waals surface area contributed by atoms with E-state index in [-0.39, 0.29) is 7.92 Å². The van der Waals surface area contributed by atoms with Crippen LogP contribution in [0.4, 0.5) is 0 Å². The van der Waals surface area contributed by atoms with Crippen molar-refractivity contribution in [3.63, 3.8) is 0 Å². The Balaban J connectivity index is 2.24. The maximum atomic E-state index is 2.54. The molecule has 126 valence electrons. The van der Waals surface area contributed by atoms with E-state index < -0.39 is 0 Å². The van der Waals surface area contributed by atoms with Gasteiger partial charge in [0.25, 0.3) is 0 Å². The minimum atomic E-state index is -0.119. The van der Waals surface area contributed by atoms with E-state index >= 15 is 0 Å². The summed E-state index contributed by atoms with van der Waals surface area (Å²) in [4.78, 5) is 0. The third kappa shape index (κ3) is 3.10. The van der Waals surface area contributed by atoms with E-state index in [2.05, 4.69) is 63.6 Å². The van der Waals surface area contributed by atoms with Crippen LogP contribution in [-0.2, 0) is 7.05 Å². The van der Waals surface area contributed by atoms with Crippen molar-refractivity contribution in [3.8, 4) is 0 Å². The molecule has 0 bridgehead atoms. The van der Waals surface area contributed by atoms with Crippen molar-refractivity contribution in [2.75, 3.05) is 0 Å². The summed E-state index contributed by atoms with van der Waals surface area (Å²) >= 11 is 0. The lowest BCUT2D eigenvalue weighted by Crippen LogP contribution is -2.22. The minimum Gasteiger partial charge on any atom is -0.347 e. The summed E-state index contributed by atoms with van der Waals surface area (Å²) in [5.41, 5.74) is 4.62. The van der Waals surface area contributed by atoms with Gasteiger partial charge in [-0.25, -0.2) is 0 Å². The number of benzene rings is 1. The molecule has 1 heterocycles. The van der Waals surface area contributed by atoms with Gasteiger partial charge in [-0.1, -0.05) is 73.1 Å². The van der Waals surface area contributed by atoms with Gasteiger partial charge in [0.05, 0.1) is 0 Å². The lowest BCUT2D eigenvalue weighted by Gasteiger charge is -2.31. The molecule has 1 fully saturated rings. The Morgan fingerprint density at radius 2 is 1.57 bits per heavy atom. The Morgan fingerprint density at radius 3 is 2.17 bits per heavy atom. The summed E-state index contributed by atoms with van der Waals surface area (Å²) < 4.78 is 2.54. The van der Waals surface area contributed by atoms with Gasteiger partial charge in [-0.15, -0.1) is 0 Å². The molecular weight excluding hydrogens is 297 g/mol. The summed E-state index contributed by atoms with van der Waals surface area (Å²) in [6.07, 6.45) is 7.02. The fourth-order valence-electron chi connectivity index (χ4n) is 4.62. The van der Waals surface area contributed by atoms with Crippen molar-refractivity contribution < 1.29 is 0 Å². The second kappa shape index (κ2) is 6.98. The molecule has 1 aliphatic carbocycles. The predicted molar refractivity (Wildman–Crippen MR) is 106 cm³/mol. The van der Waals surface area contributed by atoms with Gasteiger partial charge in [0.15, 0.2) is 0 Å². The molecule has 0 atom stereocenters. The van der Waals surface area contributed by atoms with E-state index in [1.165, 1.54) is 43.0 Å². The standard InChI is InChI=1S/C21H32NP/c1-15(2)23(16(3)4)21-18-13-9-10-14-19(18)22(5)20(21)17-11-7-6-8-12-17/h9-10,13-17H,6-8,11-12H2,1-5H3. The molecule has 2 aromatic rings. The lowest BCUT2D eigenvalue weighted by atomic mass is 9.87. The molecule has 1 aromatic carbocycles. The molecule has 0 unspecified atom stereocenters. The van der Waals surface area contributed by atoms with E-state index in [9.17, 15) is 0 Å². The fourth-order valence-corrected chi connectivity index (χ4v) is 7.91. The third-order valence-electron chi connectivity index (χ3n) is 5.49. The quantitative estimate of drug-likeness (QED) is 0.593. The molecule has 0 saturated heterocycles. The van der Waals surface area contributed by atoms with E-state index in [1.54, 1.807) is 11.0 Å². The van der Waals surface area contributed by atoms with Crippen LogP contribution in [0, 0.1) is 0 Å². The van der Waals surface area contributed by atoms with Crippen molar-refractivity contribution in [2.45, 2.75) is 77.0 Å². The molecule has 2 heteroatoms. The third-order valence-corrected chi connectivity index (χ3v) is 8.70. The summed E-state index contributed by atoms with van der Waals surface area (Å²) in [7, 11) is 2.19. The van der Waals surface area contributed by atoms with Crippen LogP contribution in [0.3, 0.4) is 0 Å². The number of hydrogen-bond donors (Lipinski definition) is 0. The summed E-state index contributed by atoms with van der Waals surface area (Å²) in [6.45, 7) is 9.71. The molecule has 23 heavy (non-hydrogen) atoms. The van der Waals surface area contributed by atoms with Gasteiger partial charge in [0.1, 0.15) is 0 Å². The number of fused-ring (bicyclic) bond motifs is 1. The molecule has 0 radical (unpaired) electrons. The first-order valence-electron chi connectivity index (χ1n) is 9.38. The highest BCUT2D eigenvalue weighted by molar-refractivity contribution is 7.67. The fraction of sp³-hybridized carbons (Fsp3) is 0.619. The van der Waals surface area contributed by atoms with E-state index in [1.807, 2.05) is 0 Å². The molecule has 1 aromatic heterocycles. The number of aromatic nitrogens is 1. The molecule has 0 spiro atoms. The first kappa shape index (κ1) is 17.0. The minimum absolute atomic E-state index is 0.119. The molecule has 1 saturated carbocycles. The van der Waals surface area contributed by atoms with Crippen LogP contribution in [0.15, 0.2) is 24.3 Å². The highest BCUT2D eigenvalue weighted by atomic mass is 31.1. The van der Waals surface area contributed by atoms with Crippen LogP contribution >= 0.6 is 7.92 Å². The number of para-hydroxylation sites is 1. The van der Waals surface area contributed by atoms with Crippen molar-refractivity contribution in [1.82, 2.24) is 4.57 Å². The average Bonchev–Trinajstić information content (AvgIpc) is 2.81. The molecule has 0 amide bonds. The number of hydrogen-bond acceptors (Lipinski definition) is 0. The van der Waals surface area contributed by atoms with Crippen LogP contribution in [0.25, 0.3) is 10.9 Å². The Labute approximate surface area is 143 Å². The van der Waals surface area contributed by atoms with Gasteiger partial charge in [-0.05, 0) is 36.1 Å². The first-order valence-corrected chi connectivity index (χ1v) is 10.9. The maximum absolute atomic E-state index is 2.54. The average molecular weight is 329 g/mol. The Morgan fingerprint density at radius 1 is 0.957 bits per heavy atom. The molecular formula is C21H32NP. The zero-order valence-electron chi connectivity index (χ0n) is 15.5. The van der Waals surface area contributed by atoms with Crippen LogP contribution in [0.2, 0.25) is 0 Å². The Bertz CT molecular complexity index is 654. The van der Waals surface area contributed by atoms with Crippen LogP contribution in [0.5, 0.6) is 0 Å². The highest BCUT2D eigenvalue weighted by Gasteiger charge is 2.31. The van der Waals surface area contributed by atoms with Gasteiger partial charge in [-0.2, -0.15) is 0 Å². The SMILES string of the molecule is CC(C)P(c1c(C2CCCCC2)n(C)c2ccccc12)C(C)C. The van der Waals surface area contributed by atoms with Crippen LogP contribution in [0.1, 0.15) is 71.4 Å². The van der Waals surface area contributed by atoms with Crippen molar-refractivity contribution in [2.24, 2.45) is 7.05 Å². The molecule has 1 aliphatic rings.